The topological polar surface area (TPSA) is 62.8 Å². The second-order valence-electron chi connectivity index (χ2n) is 4.97. The molecule has 1 atom stereocenters. The van der Waals surface area contributed by atoms with Gasteiger partial charge in [0, 0.05) is 19.1 Å². The number of hydrogen-bond acceptors (Lipinski definition) is 4. The number of ether oxygens (including phenoxy) is 1. The summed E-state index contributed by atoms with van der Waals surface area (Å²) in [4.78, 5) is 4.67. The first-order valence-corrected chi connectivity index (χ1v) is 6.67. The van der Waals surface area contributed by atoms with Crippen molar-refractivity contribution in [2.75, 3.05) is 19.8 Å². The molecule has 0 amide bonds. The van der Waals surface area contributed by atoms with Gasteiger partial charge in [0.1, 0.15) is 5.82 Å². The van der Waals surface area contributed by atoms with E-state index in [9.17, 15) is 0 Å². The fraction of sp³-hybridized carbons (Fsp3) is 0.833. The Kier molecular flexibility index (Phi) is 3.38. The monoisotopic (exact) mass is 236 g/mol. The molecule has 1 unspecified atom stereocenters. The van der Waals surface area contributed by atoms with Gasteiger partial charge in [-0.15, -0.1) is 0 Å². The molecule has 3 heterocycles. The van der Waals surface area contributed by atoms with E-state index in [0.29, 0.717) is 12.0 Å². The molecular formula is C12H20N4O. The first-order valence-electron chi connectivity index (χ1n) is 6.67. The molecule has 5 heteroatoms. The Morgan fingerprint density at radius 3 is 2.76 bits per heavy atom. The number of aromatic nitrogens is 3. The summed E-state index contributed by atoms with van der Waals surface area (Å²) in [6.45, 7) is 2.78. The SMILES string of the molecule is C1CCC(c2nc(C3CCOCC3)n[nH]2)NC1. The number of piperidine rings is 1. The lowest BCUT2D eigenvalue weighted by molar-refractivity contribution is 0.0836. The van der Waals surface area contributed by atoms with Crippen LogP contribution in [-0.2, 0) is 4.74 Å². The van der Waals surface area contributed by atoms with E-state index in [2.05, 4.69) is 20.5 Å². The Morgan fingerprint density at radius 1 is 1.12 bits per heavy atom. The van der Waals surface area contributed by atoms with E-state index in [1.165, 1.54) is 19.3 Å². The van der Waals surface area contributed by atoms with Crippen LogP contribution in [0.3, 0.4) is 0 Å². The van der Waals surface area contributed by atoms with Crippen LogP contribution >= 0.6 is 0 Å². The Labute approximate surface area is 101 Å². The van der Waals surface area contributed by atoms with E-state index >= 15 is 0 Å². The highest BCUT2D eigenvalue weighted by Crippen LogP contribution is 2.26. The summed E-state index contributed by atoms with van der Waals surface area (Å²) < 4.78 is 5.37. The van der Waals surface area contributed by atoms with E-state index in [4.69, 9.17) is 4.74 Å². The summed E-state index contributed by atoms with van der Waals surface area (Å²) >= 11 is 0. The third kappa shape index (κ3) is 2.50. The molecule has 2 aliphatic heterocycles. The number of H-pyrrole nitrogens is 1. The maximum absolute atomic E-state index is 5.37. The summed E-state index contributed by atoms with van der Waals surface area (Å²) in [5.41, 5.74) is 0. The van der Waals surface area contributed by atoms with Crippen LogP contribution in [0.5, 0.6) is 0 Å². The number of hydrogen-bond donors (Lipinski definition) is 2. The second kappa shape index (κ2) is 5.14. The average molecular weight is 236 g/mol. The standard InChI is InChI=1S/C12H20N4O/c1-2-6-13-10(3-1)12-14-11(15-16-12)9-4-7-17-8-5-9/h9-10,13H,1-8H2,(H,14,15,16). The fourth-order valence-corrected chi connectivity index (χ4v) is 2.67. The molecule has 3 rings (SSSR count). The van der Waals surface area contributed by atoms with Gasteiger partial charge in [-0.05, 0) is 32.2 Å². The first-order chi connectivity index (χ1) is 8.43. The lowest BCUT2D eigenvalue weighted by Gasteiger charge is -2.21. The summed E-state index contributed by atoms with van der Waals surface area (Å²) in [6.07, 6.45) is 5.83. The van der Waals surface area contributed by atoms with Crippen LogP contribution in [-0.4, -0.2) is 34.9 Å². The van der Waals surface area contributed by atoms with Gasteiger partial charge < -0.3 is 10.1 Å². The minimum Gasteiger partial charge on any atom is -0.381 e. The lowest BCUT2D eigenvalue weighted by Crippen LogP contribution is -2.27. The van der Waals surface area contributed by atoms with Gasteiger partial charge >= 0.3 is 0 Å². The van der Waals surface area contributed by atoms with E-state index in [-0.39, 0.29) is 0 Å². The molecule has 94 valence electrons. The number of rotatable bonds is 2. The molecule has 1 aromatic rings. The highest BCUT2D eigenvalue weighted by molar-refractivity contribution is 5.03. The highest BCUT2D eigenvalue weighted by atomic mass is 16.5. The Balaban J connectivity index is 1.68. The van der Waals surface area contributed by atoms with Crippen molar-refractivity contribution in [2.24, 2.45) is 0 Å². The quantitative estimate of drug-likeness (QED) is 0.817. The van der Waals surface area contributed by atoms with Crippen LogP contribution in [0.2, 0.25) is 0 Å². The van der Waals surface area contributed by atoms with Gasteiger partial charge in [-0.1, -0.05) is 6.42 Å². The van der Waals surface area contributed by atoms with E-state index in [0.717, 1.165) is 44.2 Å². The predicted octanol–water partition coefficient (Wildman–Crippen LogP) is 1.51. The van der Waals surface area contributed by atoms with Crippen LogP contribution in [0.1, 0.15) is 55.7 Å². The second-order valence-corrected chi connectivity index (χ2v) is 4.97. The third-order valence-corrected chi connectivity index (χ3v) is 3.75. The average Bonchev–Trinajstić information content (AvgIpc) is 2.90. The molecule has 0 spiro atoms. The molecule has 2 saturated heterocycles. The molecule has 0 bridgehead atoms. The van der Waals surface area contributed by atoms with Crippen molar-refractivity contribution in [1.82, 2.24) is 20.5 Å². The largest absolute Gasteiger partial charge is 0.381 e. The Hall–Kier alpha value is -0.940. The highest BCUT2D eigenvalue weighted by Gasteiger charge is 2.23. The van der Waals surface area contributed by atoms with Crippen molar-refractivity contribution in [2.45, 2.75) is 44.1 Å². The predicted molar refractivity (Wildman–Crippen MR) is 63.8 cm³/mol. The zero-order valence-electron chi connectivity index (χ0n) is 10.1. The Bertz CT molecular complexity index is 321. The van der Waals surface area contributed by atoms with Crippen LogP contribution < -0.4 is 5.32 Å². The zero-order chi connectivity index (χ0) is 11.5. The molecule has 0 aliphatic carbocycles. The lowest BCUT2D eigenvalue weighted by atomic mass is 10.00. The molecule has 0 saturated carbocycles. The van der Waals surface area contributed by atoms with Gasteiger partial charge in [0.15, 0.2) is 5.82 Å². The van der Waals surface area contributed by atoms with E-state index in [1.54, 1.807) is 0 Å². The fourth-order valence-electron chi connectivity index (χ4n) is 2.67. The normalized spacial score (nSPS) is 27.2. The molecule has 1 aromatic heterocycles. The number of nitrogens with one attached hydrogen (secondary N) is 2. The Morgan fingerprint density at radius 2 is 2.00 bits per heavy atom. The molecule has 5 nitrogen and oxygen atoms in total. The molecule has 2 aliphatic rings. The van der Waals surface area contributed by atoms with Gasteiger partial charge in [-0.2, -0.15) is 5.10 Å². The third-order valence-electron chi connectivity index (χ3n) is 3.75. The summed E-state index contributed by atoms with van der Waals surface area (Å²) in [6, 6.07) is 0.379. The zero-order valence-corrected chi connectivity index (χ0v) is 10.1. The van der Waals surface area contributed by atoms with Gasteiger partial charge in [0.25, 0.3) is 0 Å². The van der Waals surface area contributed by atoms with Gasteiger partial charge in [-0.3, -0.25) is 5.10 Å². The molecule has 0 radical (unpaired) electrons. The summed E-state index contributed by atoms with van der Waals surface area (Å²) in [5, 5.41) is 11.0. The van der Waals surface area contributed by atoms with Crippen molar-refractivity contribution >= 4 is 0 Å². The van der Waals surface area contributed by atoms with Crippen molar-refractivity contribution in [3.63, 3.8) is 0 Å². The number of nitrogens with zero attached hydrogens (tertiary/aromatic N) is 2. The van der Waals surface area contributed by atoms with Crippen LogP contribution in [0.4, 0.5) is 0 Å². The van der Waals surface area contributed by atoms with Gasteiger partial charge in [-0.25, -0.2) is 4.98 Å². The molecule has 2 N–H and O–H groups in total. The smallest absolute Gasteiger partial charge is 0.154 e. The van der Waals surface area contributed by atoms with Crippen molar-refractivity contribution < 1.29 is 4.74 Å². The van der Waals surface area contributed by atoms with Crippen LogP contribution in [0.25, 0.3) is 0 Å². The summed E-state index contributed by atoms with van der Waals surface area (Å²) in [7, 11) is 0. The summed E-state index contributed by atoms with van der Waals surface area (Å²) in [5.74, 6) is 2.49. The molecular weight excluding hydrogens is 216 g/mol. The maximum Gasteiger partial charge on any atom is 0.154 e. The van der Waals surface area contributed by atoms with Crippen LogP contribution in [0.15, 0.2) is 0 Å². The first kappa shape index (κ1) is 11.2. The van der Waals surface area contributed by atoms with Crippen molar-refractivity contribution in [1.29, 1.82) is 0 Å². The van der Waals surface area contributed by atoms with Gasteiger partial charge in [0.2, 0.25) is 0 Å². The van der Waals surface area contributed by atoms with E-state index < -0.39 is 0 Å². The van der Waals surface area contributed by atoms with Crippen molar-refractivity contribution in [3.8, 4) is 0 Å². The number of aromatic amines is 1. The van der Waals surface area contributed by atoms with Gasteiger partial charge in [0.05, 0.1) is 6.04 Å². The minimum absolute atomic E-state index is 0.379. The minimum atomic E-state index is 0.379. The van der Waals surface area contributed by atoms with E-state index in [1.807, 2.05) is 0 Å². The van der Waals surface area contributed by atoms with Crippen molar-refractivity contribution in [3.05, 3.63) is 11.6 Å². The maximum atomic E-state index is 5.37. The molecule has 0 aromatic carbocycles. The van der Waals surface area contributed by atoms with Crippen LogP contribution in [0, 0.1) is 0 Å². The molecule has 2 fully saturated rings. The molecule has 17 heavy (non-hydrogen) atoms.